The van der Waals surface area contributed by atoms with Crippen LogP contribution < -0.4 is 19.7 Å². The molecule has 2 bridgehead atoms. The van der Waals surface area contributed by atoms with Crippen LogP contribution in [-0.2, 0) is 11.3 Å². The standard InChI is InChI=1S/C30H32N8O3/c1-39-29-5-2-20(11-34-29)15-37-23-8-24(37)17-36(16-23)28-4-3-21(12-33-28)27-9-25(41-19-26-14-32-6-7-40-26)18-38-30(27)22(10-31)13-35-38/h2-5,9,11-13,18,23-24,26,32H,6-8,14-17,19H2,1H3. The molecule has 8 rings (SSSR count). The van der Waals surface area contributed by atoms with E-state index in [0.29, 0.717) is 42.5 Å². The van der Waals surface area contributed by atoms with E-state index < -0.39 is 0 Å². The highest BCUT2D eigenvalue weighted by molar-refractivity contribution is 5.85. The van der Waals surface area contributed by atoms with Gasteiger partial charge in [-0.05, 0) is 30.2 Å². The highest BCUT2D eigenvalue weighted by Gasteiger charge is 2.44. The third kappa shape index (κ3) is 5.06. The maximum atomic E-state index is 9.73. The molecule has 11 heteroatoms. The first-order valence-corrected chi connectivity index (χ1v) is 14.0. The molecule has 0 aromatic carbocycles. The van der Waals surface area contributed by atoms with Gasteiger partial charge in [0.15, 0.2) is 0 Å². The Morgan fingerprint density at radius 3 is 2.73 bits per heavy atom. The van der Waals surface area contributed by atoms with Crippen molar-refractivity contribution in [1.29, 1.82) is 5.26 Å². The Morgan fingerprint density at radius 1 is 1.12 bits per heavy atom. The SMILES string of the molecule is COc1ccc(CN2C3CC2CN(c2ccc(-c4cc(OCC5CNCCO5)cn5ncc(C#N)c45)cn2)C3)cn1. The molecule has 3 atom stereocenters. The third-order valence-corrected chi connectivity index (χ3v) is 8.25. The monoisotopic (exact) mass is 552 g/mol. The first kappa shape index (κ1) is 25.7. The molecule has 4 aliphatic rings. The molecule has 0 saturated carbocycles. The van der Waals surface area contributed by atoms with Gasteiger partial charge < -0.3 is 24.4 Å². The Balaban J connectivity index is 1.07. The Kier molecular flexibility index (Phi) is 6.88. The number of morpholine rings is 1. The van der Waals surface area contributed by atoms with Crippen LogP contribution in [0.4, 0.5) is 5.82 Å². The fraction of sp³-hybridized carbons (Fsp3) is 0.400. The van der Waals surface area contributed by atoms with Gasteiger partial charge in [0.05, 0.1) is 37.2 Å². The van der Waals surface area contributed by atoms with Gasteiger partial charge in [-0.15, -0.1) is 0 Å². The number of nitriles is 1. The van der Waals surface area contributed by atoms with E-state index in [9.17, 15) is 5.26 Å². The summed E-state index contributed by atoms with van der Waals surface area (Å²) in [6.45, 7) is 5.52. The zero-order chi connectivity index (χ0) is 27.8. The fourth-order valence-corrected chi connectivity index (χ4v) is 6.09. The second kappa shape index (κ2) is 11.0. The van der Waals surface area contributed by atoms with Crippen LogP contribution in [0.25, 0.3) is 16.6 Å². The van der Waals surface area contributed by atoms with Gasteiger partial charge >= 0.3 is 0 Å². The van der Waals surface area contributed by atoms with Crippen molar-refractivity contribution in [1.82, 2.24) is 29.8 Å². The largest absolute Gasteiger partial charge is 0.489 e. The molecular formula is C30H32N8O3. The average molecular weight is 553 g/mol. The van der Waals surface area contributed by atoms with Crippen LogP contribution in [-0.4, -0.2) is 89.2 Å². The molecule has 4 saturated heterocycles. The van der Waals surface area contributed by atoms with Crippen LogP contribution in [0.2, 0.25) is 0 Å². The van der Waals surface area contributed by atoms with E-state index >= 15 is 0 Å². The summed E-state index contributed by atoms with van der Waals surface area (Å²) in [4.78, 5) is 14.1. The number of aromatic nitrogens is 4. The topological polar surface area (TPSA) is 113 Å². The molecule has 1 N–H and O–H groups in total. The fourth-order valence-electron chi connectivity index (χ4n) is 6.09. The van der Waals surface area contributed by atoms with Crippen LogP contribution in [0, 0.1) is 11.3 Å². The number of fused-ring (bicyclic) bond motifs is 3. The van der Waals surface area contributed by atoms with Gasteiger partial charge in [-0.25, -0.2) is 14.5 Å². The highest BCUT2D eigenvalue weighted by atomic mass is 16.5. The number of methoxy groups -OCH3 is 1. The molecule has 3 unspecified atom stereocenters. The first-order chi connectivity index (χ1) is 20.2. The summed E-state index contributed by atoms with van der Waals surface area (Å²) >= 11 is 0. The average Bonchev–Trinajstić information content (AvgIpc) is 3.46. The molecule has 0 radical (unpaired) electrons. The Hall–Kier alpha value is -4.24. The van der Waals surface area contributed by atoms with Crippen molar-refractivity contribution in [2.75, 3.05) is 51.4 Å². The first-order valence-electron chi connectivity index (χ1n) is 14.0. The van der Waals surface area contributed by atoms with Crippen molar-refractivity contribution >= 4 is 11.3 Å². The molecule has 210 valence electrons. The molecule has 4 aliphatic heterocycles. The number of rotatable bonds is 8. The Labute approximate surface area is 238 Å². The second-order valence-electron chi connectivity index (χ2n) is 10.8. The van der Waals surface area contributed by atoms with Crippen molar-refractivity contribution in [2.45, 2.75) is 31.2 Å². The van der Waals surface area contributed by atoms with E-state index in [4.69, 9.17) is 19.2 Å². The van der Waals surface area contributed by atoms with Crippen LogP contribution in [0.5, 0.6) is 11.6 Å². The summed E-state index contributed by atoms with van der Waals surface area (Å²) in [5.74, 6) is 2.28. The van der Waals surface area contributed by atoms with Gasteiger partial charge in [0.1, 0.15) is 30.3 Å². The van der Waals surface area contributed by atoms with Gasteiger partial charge in [0.25, 0.3) is 0 Å². The van der Waals surface area contributed by atoms with Crippen LogP contribution in [0.15, 0.2) is 55.1 Å². The summed E-state index contributed by atoms with van der Waals surface area (Å²) in [5, 5.41) is 17.5. The van der Waals surface area contributed by atoms with Gasteiger partial charge in [0.2, 0.25) is 5.88 Å². The molecule has 11 nitrogen and oxygen atoms in total. The minimum Gasteiger partial charge on any atom is -0.489 e. The van der Waals surface area contributed by atoms with Gasteiger partial charge in [0, 0.05) is 74.4 Å². The molecular weight excluding hydrogens is 520 g/mol. The number of anilines is 1. The Bertz CT molecular complexity index is 1550. The molecule has 41 heavy (non-hydrogen) atoms. The third-order valence-electron chi connectivity index (χ3n) is 8.25. The summed E-state index contributed by atoms with van der Waals surface area (Å²) in [5.41, 5.74) is 4.23. The summed E-state index contributed by atoms with van der Waals surface area (Å²) in [7, 11) is 1.64. The maximum absolute atomic E-state index is 9.73. The van der Waals surface area contributed by atoms with E-state index in [2.05, 4.69) is 49.5 Å². The molecule has 8 heterocycles. The number of piperidine rings is 1. The number of hydrogen-bond donors (Lipinski definition) is 1. The predicted octanol–water partition coefficient (Wildman–Crippen LogP) is 2.50. The number of nitrogens with zero attached hydrogens (tertiary/aromatic N) is 7. The van der Waals surface area contributed by atoms with Crippen molar-refractivity contribution < 1.29 is 14.2 Å². The van der Waals surface area contributed by atoms with E-state index in [1.165, 1.54) is 12.0 Å². The summed E-state index contributed by atoms with van der Waals surface area (Å²) in [6, 6.07) is 13.4. The number of nitrogens with one attached hydrogen (secondary N) is 1. The zero-order valence-corrected chi connectivity index (χ0v) is 22.9. The molecule has 0 aliphatic carbocycles. The molecule has 4 aromatic heterocycles. The van der Waals surface area contributed by atoms with Crippen molar-refractivity contribution in [2.24, 2.45) is 0 Å². The molecule has 4 aromatic rings. The Morgan fingerprint density at radius 2 is 2.02 bits per heavy atom. The smallest absolute Gasteiger partial charge is 0.212 e. The van der Waals surface area contributed by atoms with Crippen LogP contribution in [0.1, 0.15) is 17.5 Å². The van der Waals surface area contributed by atoms with Gasteiger partial charge in [-0.3, -0.25) is 4.90 Å². The van der Waals surface area contributed by atoms with E-state index in [0.717, 1.165) is 55.2 Å². The lowest BCUT2D eigenvalue weighted by Gasteiger charge is -2.56. The molecule has 0 amide bonds. The minimum absolute atomic E-state index is 0.00399. The molecule has 0 spiro atoms. The van der Waals surface area contributed by atoms with Crippen molar-refractivity contribution in [3.05, 3.63) is 66.2 Å². The highest BCUT2D eigenvalue weighted by Crippen LogP contribution is 2.36. The normalized spacial score (nSPS) is 22.2. The lowest BCUT2D eigenvalue weighted by atomic mass is 9.87. The van der Waals surface area contributed by atoms with E-state index in [-0.39, 0.29) is 6.10 Å². The maximum Gasteiger partial charge on any atom is 0.212 e. The zero-order valence-electron chi connectivity index (χ0n) is 22.9. The number of pyridine rings is 3. The quantitative estimate of drug-likeness (QED) is 0.350. The van der Waals surface area contributed by atoms with Gasteiger partial charge in [-0.1, -0.05) is 6.07 Å². The van der Waals surface area contributed by atoms with E-state index in [1.807, 2.05) is 30.7 Å². The molecule has 4 fully saturated rings. The lowest BCUT2D eigenvalue weighted by Crippen LogP contribution is -2.68. The summed E-state index contributed by atoms with van der Waals surface area (Å²) < 4.78 is 18.8. The van der Waals surface area contributed by atoms with Crippen LogP contribution in [0.3, 0.4) is 0 Å². The second-order valence-corrected chi connectivity index (χ2v) is 10.8. The number of hydrogen-bond acceptors (Lipinski definition) is 10. The predicted molar refractivity (Wildman–Crippen MR) is 152 cm³/mol. The lowest BCUT2D eigenvalue weighted by molar-refractivity contribution is -0.00876. The van der Waals surface area contributed by atoms with Crippen molar-refractivity contribution in [3.8, 4) is 28.8 Å². The van der Waals surface area contributed by atoms with Crippen LogP contribution >= 0.6 is 0 Å². The number of ether oxygens (including phenoxy) is 3. The minimum atomic E-state index is -0.00399. The van der Waals surface area contributed by atoms with Crippen molar-refractivity contribution in [3.63, 3.8) is 0 Å². The van der Waals surface area contributed by atoms with E-state index in [1.54, 1.807) is 17.8 Å². The summed E-state index contributed by atoms with van der Waals surface area (Å²) in [6.07, 6.45) is 8.40. The number of piperazine rings is 1. The van der Waals surface area contributed by atoms with Gasteiger partial charge in [-0.2, -0.15) is 10.4 Å².